The van der Waals surface area contributed by atoms with Crippen molar-refractivity contribution in [3.8, 4) is 0 Å². The molecule has 5 heteroatoms. The second-order valence-corrected chi connectivity index (χ2v) is 4.40. The summed E-state index contributed by atoms with van der Waals surface area (Å²) in [6, 6.07) is 15.6. The van der Waals surface area contributed by atoms with E-state index in [4.69, 9.17) is 17.1 Å². The highest BCUT2D eigenvalue weighted by Crippen LogP contribution is 2.16. The number of benzene rings is 2. The second-order valence-electron chi connectivity index (χ2n) is 3.97. The molecule has 2 rings (SSSR count). The van der Waals surface area contributed by atoms with E-state index in [0.29, 0.717) is 10.6 Å². The Morgan fingerprint density at radius 3 is 2.35 bits per heavy atom. The zero-order chi connectivity index (χ0) is 14.4. The van der Waals surface area contributed by atoms with Gasteiger partial charge in [-0.05, 0) is 29.3 Å². The summed E-state index contributed by atoms with van der Waals surface area (Å²) in [4.78, 5) is 15.0. The van der Waals surface area contributed by atoms with Gasteiger partial charge in [0.1, 0.15) is 0 Å². The fourth-order valence-electron chi connectivity index (χ4n) is 1.64. The summed E-state index contributed by atoms with van der Waals surface area (Å²) in [6.45, 7) is 0. The van der Waals surface area contributed by atoms with Crippen LogP contribution in [0.3, 0.4) is 0 Å². The molecule has 0 aromatic heterocycles. The highest BCUT2D eigenvalue weighted by Gasteiger charge is 2.10. The van der Waals surface area contributed by atoms with E-state index in [9.17, 15) is 4.79 Å². The number of Topliss-reactive ketones (excluding diaryl/α,β-unsaturated/α-hetero) is 1. The second kappa shape index (κ2) is 6.57. The van der Waals surface area contributed by atoms with Crippen LogP contribution in [0, 0.1) is 0 Å². The van der Waals surface area contributed by atoms with Crippen LogP contribution in [0.1, 0.15) is 15.9 Å². The van der Waals surface area contributed by atoms with Crippen LogP contribution in [0.5, 0.6) is 0 Å². The number of rotatable bonds is 4. The minimum Gasteiger partial charge on any atom is -0.289 e. The molecule has 0 bridgehead atoms. The predicted octanol–water partition coefficient (Wildman–Crippen LogP) is 4.87. The van der Waals surface area contributed by atoms with E-state index in [2.05, 4.69) is 10.0 Å². The number of azide groups is 1. The summed E-state index contributed by atoms with van der Waals surface area (Å²) in [7, 11) is 0. The van der Waals surface area contributed by atoms with E-state index < -0.39 is 0 Å². The Labute approximate surface area is 120 Å². The minimum absolute atomic E-state index is 0.0426. The number of ketones is 1. The van der Waals surface area contributed by atoms with E-state index in [1.165, 1.54) is 6.08 Å². The first-order valence-electron chi connectivity index (χ1n) is 5.83. The van der Waals surface area contributed by atoms with Crippen molar-refractivity contribution in [1.82, 2.24) is 0 Å². The summed E-state index contributed by atoms with van der Waals surface area (Å²) in [5.74, 6) is -0.321. The van der Waals surface area contributed by atoms with E-state index in [1.807, 2.05) is 6.07 Å². The lowest BCUT2D eigenvalue weighted by molar-refractivity contribution is 0.103. The summed E-state index contributed by atoms with van der Waals surface area (Å²) < 4.78 is 0. The molecule has 2 aromatic carbocycles. The van der Waals surface area contributed by atoms with Gasteiger partial charge < -0.3 is 0 Å². The topological polar surface area (TPSA) is 65.8 Å². The van der Waals surface area contributed by atoms with Gasteiger partial charge in [0.15, 0.2) is 5.78 Å². The number of carbonyl (C=O) groups excluding carboxylic acids is 1. The number of halogens is 1. The monoisotopic (exact) mass is 283 g/mol. The van der Waals surface area contributed by atoms with Crippen LogP contribution < -0.4 is 0 Å². The molecule has 0 N–H and O–H groups in total. The van der Waals surface area contributed by atoms with E-state index in [-0.39, 0.29) is 11.5 Å². The van der Waals surface area contributed by atoms with Crippen molar-refractivity contribution in [1.29, 1.82) is 0 Å². The van der Waals surface area contributed by atoms with Gasteiger partial charge in [-0.3, -0.25) is 4.79 Å². The van der Waals surface area contributed by atoms with Gasteiger partial charge in [0, 0.05) is 15.5 Å². The molecule has 4 nitrogen and oxygen atoms in total. The summed E-state index contributed by atoms with van der Waals surface area (Å²) in [5.41, 5.74) is 9.85. The molecule has 0 aliphatic carbocycles. The molecule has 98 valence electrons. The molecule has 0 radical (unpaired) electrons. The quantitative estimate of drug-likeness (QED) is 0.259. The first-order valence-corrected chi connectivity index (χ1v) is 6.20. The van der Waals surface area contributed by atoms with Gasteiger partial charge >= 0.3 is 0 Å². The Bertz CT molecular complexity index is 687. The van der Waals surface area contributed by atoms with Crippen molar-refractivity contribution in [2.75, 3.05) is 0 Å². The maximum atomic E-state index is 12.2. The van der Waals surface area contributed by atoms with Crippen LogP contribution in [0.2, 0.25) is 5.02 Å². The molecule has 0 aliphatic rings. The SMILES string of the molecule is [N-]=[N+]=N/C(=C\c1ccc(Cl)cc1)C(=O)c1ccccc1. The molecule has 0 atom stereocenters. The smallest absolute Gasteiger partial charge is 0.195 e. The third-order valence-corrected chi connectivity index (χ3v) is 2.85. The predicted molar refractivity (Wildman–Crippen MR) is 79.3 cm³/mol. The molecule has 0 fully saturated rings. The highest BCUT2D eigenvalue weighted by molar-refractivity contribution is 6.30. The maximum absolute atomic E-state index is 12.2. The Kier molecular flexibility index (Phi) is 4.56. The Balaban J connectivity index is 2.39. The van der Waals surface area contributed by atoms with Gasteiger partial charge in [0.2, 0.25) is 0 Å². The average molecular weight is 284 g/mol. The molecule has 0 unspecified atom stereocenters. The van der Waals surface area contributed by atoms with E-state index in [1.54, 1.807) is 48.5 Å². The van der Waals surface area contributed by atoms with E-state index in [0.717, 1.165) is 5.56 Å². The van der Waals surface area contributed by atoms with Gasteiger partial charge in [-0.25, -0.2) is 0 Å². The van der Waals surface area contributed by atoms with Crippen LogP contribution >= 0.6 is 11.6 Å². The number of carbonyl (C=O) groups is 1. The van der Waals surface area contributed by atoms with Crippen molar-refractivity contribution in [3.63, 3.8) is 0 Å². The number of nitrogens with zero attached hydrogens (tertiary/aromatic N) is 3. The third kappa shape index (κ3) is 3.48. The standard InChI is InChI=1S/C15H10ClN3O/c16-13-8-6-11(7-9-13)10-14(18-19-17)15(20)12-4-2-1-3-5-12/h1-10H/b14-10-. The van der Waals surface area contributed by atoms with Crippen LogP contribution in [0.4, 0.5) is 0 Å². The van der Waals surface area contributed by atoms with Crippen LogP contribution in [0.25, 0.3) is 16.5 Å². The Hall–Kier alpha value is -2.55. The molecule has 0 amide bonds. The van der Waals surface area contributed by atoms with Crippen LogP contribution in [0.15, 0.2) is 65.4 Å². The highest BCUT2D eigenvalue weighted by atomic mass is 35.5. The summed E-state index contributed by atoms with van der Waals surface area (Å²) in [6.07, 6.45) is 1.53. The summed E-state index contributed by atoms with van der Waals surface area (Å²) >= 11 is 5.80. The fourth-order valence-corrected chi connectivity index (χ4v) is 1.77. The van der Waals surface area contributed by atoms with E-state index >= 15 is 0 Å². The minimum atomic E-state index is -0.321. The number of hydrogen-bond donors (Lipinski definition) is 0. The molecule has 0 heterocycles. The lowest BCUT2D eigenvalue weighted by Crippen LogP contribution is -2.00. The van der Waals surface area contributed by atoms with Gasteiger partial charge in [0.25, 0.3) is 0 Å². The van der Waals surface area contributed by atoms with Gasteiger partial charge in [-0.2, -0.15) is 0 Å². The molecular weight excluding hydrogens is 274 g/mol. The van der Waals surface area contributed by atoms with Crippen molar-refractivity contribution >= 4 is 23.5 Å². The first-order chi connectivity index (χ1) is 9.70. The lowest BCUT2D eigenvalue weighted by Gasteiger charge is -2.01. The maximum Gasteiger partial charge on any atom is 0.195 e. The Morgan fingerprint density at radius 2 is 1.75 bits per heavy atom. The molecule has 2 aromatic rings. The molecular formula is C15H10ClN3O. The van der Waals surface area contributed by atoms with Crippen molar-refractivity contribution in [3.05, 3.63) is 86.9 Å². The van der Waals surface area contributed by atoms with Crippen molar-refractivity contribution in [2.24, 2.45) is 5.11 Å². The first kappa shape index (κ1) is 13.9. The largest absolute Gasteiger partial charge is 0.289 e. The fraction of sp³-hybridized carbons (Fsp3) is 0. The normalized spacial score (nSPS) is 10.8. The van der Waals surface area contributed by atoms with Crippen molar-refractivity contribution in [2.45, 2.75) is 0 Å². The molecule has 0 saturated carbocycles. The zero-order valence-corrected chi connectivity index (χ0v) is 11.2. The lowest BCUT2D eigenvalue weighted by atomic mass is 10.1. The van der Waals surface area contributed by atoms with Gasteiger partial charge in [-0.1, -0.05) is 59.2 Å². The number of allylic oxidation sites excluding steroid dienone is 1. The third-order valence-electron chi connectivity index (χ3n) is 2.59. The average Bonchev–Trinajstić information content (AvgIpc) is 2.49. The van der Waals surface area contributed by atoms with Crippen LogP contribution in [-0.2, 0) is 0 Å². The summed E-state index contributed by atoms with van der Waals surface area (Å²) in [5, 5.41) is 4.08. The van der Waals surface area contributed by atoms with Gasteiger partial charge in [-0.15, -0.1) is 0 Å². The van der Waals surface area contributed by atoms with Crippen LogP contribution in [-0.4, -0.2) is 5.78 Å². The molecule has 0 aliphatic heterocycles. The zero-order valence-electron chi connectivity index (χ0n) is 10.4. The Morgan fingerprint density at radius 1 is 1.10 bits per heavy atom. The molecule has 0 saturated heterocycles. The van der Waals surface area contributed by atoms with Crippen molar-refractivity contribution < 1.29 is 4.79 Å². The van der Waals surface area contributed by atoms with Gasteiger partial charge in [0.05, 0.1) is 5.70 Å². The molecule has 20 heavy (non-hydrogen) atoms. The molecule has 0 spiro atoms. The number of hydrogen-bond acceptors (Lipinski definition) is 2.